The summed E-state index contributed by atoms with van der Waals surface area (Å²) >= 11 is 1.23. The standard InChI is InChI=1S/C55H47N7O8S/c1-33(35-17-5-2-6-18-35)58-54(68)61-41-28-27-34(16-15-29-57-52(56)67)32-39(41)55(51(61)66)44(49(64)60-53-59-40-24-12-14-26-43(40)71-53)46-50(65)70-47(37-21-9-4-10-22-37)45(36-19-7-3-8-20-36)62(46)48(55)38-23-11-13-25-42(38)69-31-30-63/h2-14,17-28,32-33,44-48,63H,29-31H2,1H3,(H,58,68)(H3,56,57,67)(H,59,60,64)/t33-,44+,45+,46+,47-,48-,55+/m1/s1. The van der Waals surface area contributed by atoms with Crippen molar-refractivity contribution in [3.63, 3.8) is 0 Å². The van der Waals surface area contributed by atoms with Crippen LogP contribution in [0.1, 0.15) is 64.5 Å². The quantitative estimate of drug-likeness (QED) is 0.0639. The van der Waals surface area contributed by atoms with E-state index in [1.807, 2.05) is 120 Å². The smallest absolute Gasteiger partial charge is 0.329 e. The highest BCUT2D eigenvalue weighted by Crippen LogP contribution is 2.66. The Morgan fingerprint density at radius 1 is 0.859 bits per heavy atom. The molecule has 0 radical (unpaired) electrons. The van der Waals surface area contributed by atoms with Gasteiger partial charge < -0.3 is 36.3 Å². The fourth-order valence-electron chi connectivity index (χ4n) is 10.4. The summed E-state index contributed by atoms with van der Waals surface area (Å²) in [5.41, 5.74) is 7.08. The Hall–Kier alpha value is -8.36. The minimum absolute atomic E-state index is 0.102. The molecule has 3 aliphatic rings. The number of imide groups is 1. The molecule has 2 saturated heterocycles. The lowest BCUT2D eigenvalue weighted by molar-refractivity contribution is -0.177. The van der Waals surface area contributed by atoms with E-state index in [9.17, 15) is 9.90 Å². The number of ether oxygens (including phenoxy) is 2. The average molecular weight is 966 g/mol. The number of aromatic nitrogens is 1. The minimum atomic E-state index is -2.16. The first-order valence-corrected chi connectivity index (χ1v) is 23.8. The summed E-state index contributed by atoms with van der Waals surface area (Å²) in [6, 6.07) is 41.5. The number of nitrogens with two attached hydrogens (primary N) is 1. The SMILES string of the molecule is C[C@@H](NC(=O)N1C(=O)[C@@]2(c3cc(C#CCNC(N)=O)ccc31)[C@H](C(=O)Nc1nc3ccccc3s1)[C@H]1C(=O)O[C@H](c3ccccc3)[C@H](c3ccccc3)N1[C@@H]2c1ccccc1OCCO)c1ccccc1. The number of carbonyl (C=O) groups excluding carboxylic acids is 5. The molecular formula is C55H47N7O8S. The Labute approximate surface area is 412 Å². The molecule has 1 spiro atoms. The first kappa shape index (κ1) is 46.4. The van der Waals surface area contributed by atoms with Crippen molar-refractivity contribution >= 4 is 62.2 Å². The number of para-hydroxylation sites is 2. The monoisotopic (exact) mass is 965 g/mol. The van der Waals surface area contributed by atoms with Crippen LogP contribution in [-0.4, -0.2) is 70.6 Å². The summed E-state index contributed by atoms with van der Waals surface area (Å²) < 4.78 is 13.7. The highest BCUT2D eigenvalue weighted by molar-refractivity contribution is 7.22. The van der Waals surface area contributed by atoms with E-state index in [4.69, 9.17) is 20.2 Å². The summed E-state index contributed by atoms with van der Waals surface area (Å²) in [5.74, 6) is 2.26. The van der Waals surface area contributed by atoms with E-state index in [-0.39, 0.29) is 41.9 Å². The second-order valence-electron chi connectivity index (χ2n) is 17.3. The van der Waals surface area contributed by atoms with Crippen molar-refractivity contribution in [1.82, 2.24) is 20.5 Å². The van der Waals surface area contributed by atoms with Gasteiger partial charge in [-0.15, -0.1) is 0 Å². The average Bonchev–Trinajstić information content (AvgIpc) is 4.03. The molecule has 6 amide bonds. The zero-order chi connectivity index (χ0) is 49.2. The van der Waals surface area contributed by atoms with Crippen LogP contribution in [0.2, 0.25) is 0 Å². The molecule has 2 fully saturated rings. The number of esters is 1. The van der Waals surface area contributed by atoms with Crippen LogP contribution in [0, 0.1) is 17.8 Å². The molecule has 0 saturated carbocycles. The van der Waals surface area contributed by atoms with Crippen LogP contribution in [0.4, 0.5) is 20.4 Å². The number of morpholine rings is 1. The molecule has 7 aromatic rings. The van der Waals surface area contributed by atoms with Crippen molar-refractivity contribution in [3.05, 3.63) is 191 Å². The minimum Gasteiger partial charge on any atom is -0.491 e. The molecular weight excluding hydrogens is 919 g/mol. The van der Waals surface area contributed by atoms with Crippen molar-refractivity contribution in [2.75, 3.05) is 30.0 Å². The van der Waals surface area contributed by atoms with Gasteiger partial charge >= 0.3 is 18.0 Å². The Morgan fingerprint density at radius 2 is 1.54 bits per heavy atom. The number of hydrogen-bond donors (Lipinski definition) is 5. The molecule has 356 valence electrons. The van der Waals surface area contributed by atoms with E-state index >= 15 is 19.2 Å². The van der Waals surface area contributed by atoms with Gasteiger partial charge in [0.2, 0.25) is 11.8 Å². The van der Waals surface area contributed by atoms with Gasteiger partial charge in [-0.25, -0.2) is 19.5 Å². The van der Waals surface area contributed by atoms with Gasteiger partial charge in [0.15, 0.2) is 5.13 Å². The number of urea groups is 2. The van der Waals surface area contributed by atoms with Gasteiger partial charge in [0, 0.05) is 11.1 Å². The van der Waals surface area contributed by atoms with Crippen molar-refractivity contribution < 1.29 is 38.6 Å². The predicted molar refractivity (Wildman–Crippen MR) is 267 cm³/mol. The molecule has 16 heteroatoms. The fourth-order valence-corrected chi connectivity index (χ4v) is 11.3. The van der Waals surface area contributed by atoms with Crippen molar-refractivity contribution in [2.45, 2.75) is 42.6 Å². The van der Waals surface area contributed by atoms with E-state index in [2.05, 4.69) is 27.8 Å². The lowest BCUT2D eigenvalue weighted by Crippen LogP contribution is -2.55. The largest absolute Gasteiger partial charge is 0.491 e. The third-order valence-corrected chi connectivity index (χ3v) is 14.2. The fraction of sp³-hybridized carbons (Fsp3) is 0.200. The number of aliphatic hydroxyl groups excluding tert-OH is 1. The molecule has 1 aromatic heterocycles. The summed E-state index contributed by atoms with van der Waals surface area (Å²) in [6.07, 6.45) is -0.976. The molecule has 3 aliphatic heterocycles. The first-order chi connectivity index (χ1) is 34.6. The van der Waals surface area contributed by atoms with Crippen LogP contribution in [0.25, 0.3) is 10.2 Å². The second-order valence-corrected chi connectivity index (χ2v) is 18.4. The van der Waals surface area contributed by atoms with Crippen LogP contribution in [0.3, 0.4) is 0 Å². The summed E-state index contributed by atoms with van der Waals surface area (Å²) in [5, 5.41) is 18.9. The molecule has 0 unspecified atom stereocenters. The third kappa shape index (κ3) is 8.39. The maximum atomic E-state index is 16.8. The van der Waals surface area contributed by atoms with Crippen LogP contribution < -0.4 is 31.3 Å². The number of aliphatic hydroxyl groups is 1. The molecule has 0 aliphatic carbocycles. The number of fused-ring (bicyclic) bond motifs is 4. The van der Waals surface area contributed by atoms with Gasteiger partial charge in [-0.2, -0.15) is 0 Å². The highest BCUT2D eigenvalue weighted by Gasteiger charge is 2.76. The number of hydrogen-bond acceptors (Lipinski definition) is 11. The van der Waals surface area contributed by atoms with Crippen LogP contribution in [0.5, 0.6) is 5.75 Å². The predicted octanol–water partition coefficient (Wildman–Crippen LogP) is 7.46. The van der Waals surface area contributed by atoms with Gasteiger partial charge in [-0.1, -0.05) is 145 Å². The number of benzene rings is 6. The maximum absolute atomic E-state index is 16.8. The number of carbonyl (C=O) groups is 5. The van der Waals surface area contributed by atoms with Crippen LogP contribution >= 0.6 is 11.3 Å². The zero-order valence-electron chi connectivity index (χ0n) is 38.2. The Morgan fingerprint density at radius 3 is 2.25 bits per heavy atom. The van der Waals surface area contributed by atoms with E-state index in [0.717, 1.165) is 15.2 Å². The van der Waals surface area contributed by atoms with Gasteiger partial charge in [-0.05, 0) is 65.6 Å². The van der Waals surface area contributed by atoms with Crippen LogP contribution in [-0.2, 0) is 24.5 Å². The zero-order valence-corrected chi connectivity index (χ0v) is 39.0. The third-order valence-electron chi connectivity index (χ3n) is 13.3. The number of primary amides is 1. The van der Waals surface area contributed by atoms with Gasteiger partial charge in [0.05, 0.1) is 53.1 Å². The maximum Gasteiger partial charge on any atom is 0.329 e. The molecule has 6 aromatic carbocycles. The van der Waals surface area contributed by atoms with Crippen LogP contribution in [0.15, 0.2) is 158 Å². The Bertz CT molecular complexity index is 3200. The molecule has 7 atom stereocenters. The van der Waals surface area contributed by atoms with Gasteiger partial charge in [0.1, 0.15) is 29.9 Å². The van der Waals surface area contributed by atoms with Gasteiger partial charge in [-0.3, -0.25) is 19.3 Å². The second kappa shape index (κ2) is 19.6. The van der Waals surface area contributed by atoms with E-state index < -0.39 is 71.5 Å². The lowest BCUT2D eigenvalue weighted by atomic mass is 9.65. The Balaban J connectivity index is 1.27. The first-order valence-electron chi connectivity index (χ1n) is 23.0. The normalized spacial score (nSPS) is 21.6. The molecule has 15 nitrogen and oxygen atoms in total. The topological polar surface area (TPSA) is 206 Å². The number of amides is 6. The number of rotatable bonds is 11. The number of thiazole rings is 1. The number of cyclic esters (lactones) is 1. The number of anilines is 2. The molecule has 10 rings (SSSR count). The molecule has 6 N–H and O–H groups in total. The van der Waals surface area contributed by atoms with Crippen molar-refractivity contribution in [2.24, 2.45) is 11.7 Å². The highest BCUT2D eigenvalue weighted by atomic mass is 32.1. The lowest BCUT2D eigenvalue weighted by Gasteiger charge is -2.46. The van der Waals surface area contributed by atoms with E-state index in [0.29, 0.717) is 27.8 Å². The molecule has 0 bridgehead atoms. The Kier molecular flexibility index (Phi) is 12.8. The molecule has 71 heavy (non-hydrogen) atoms. The van der Waals surface area contributed by atoms with Crippen molar-refractivity contribution in [1.29, 1.82) is 0 Å². The van der Waals surface area contributed by atoms with Gasteiger partial charge in [0.25, 0.3) is 0 Å². The van der Waals surface area contributed by atoms with E-state index in [1.165, 1.54) is 11.3 Å². The number of nitrogens with zero attached hydrogens (tertiary/aromatic N) is 3. The summed E-state index contributed by atoms with van der Waals surface area (Å²) in [4.78, 5) is 82.9. The van der Waals surface area contributed by atoms with E-state index in [1.54, 1.807) is 49.4 Å². The summed E-state index contributed by atoms with van der Waals surface area (Å²) in [7, 11) is 0. The molecule has 4 heterocycles. The van der Waals surface area contributed by atoms with Crippen molar-refractivity contribution in [3.8, 4) is 17.6 Å². The number of nitrogens with one attached hydrogen (secondary N) is 3. The summed E-state index contributed by atoms with van der Waals surface area (Å²) in [6.45, 7) is 1.22.